The Balaban J connectivity index is -0.00000196. The van der Waals surface area contributed by atoms with Gasteiger partial charge in [-0.1, -0.05) is 55.4 Å². The van der Waals surface area contributed by atoms with Crippen LogP contribution in [0.25, 0.3) is 0 Å². The molecule has 0 amide bonds. The third kappa shape index (κ3) is 33.2. The van der Waals surface area contributed by atoms with Crippen LogP contribution in [0.2, 0.25) is 0 Å². The zero-order valence-corrected chi connectivity index (χ0v) is 80.9. The van der Waals surface area contributed by atoms with Gasteiger partial charge in [0, 0.05) is 102 Å². The molecule has 43 nitrogen and oxygen atoms in total. The number of carbonyl (C=O) groups excluding carboxylic acids is 4. The Morgan fingerprint density at radius 1 is 0.434 bits per heavy atom. The fraction of sp³-hybridized carbons (Fsp3) is 0.907. The number of ketones is 2. The molecule has 6 aliphatic heterocycles. The van der Waals surface area contributed by atoms with Crippen LogP contribution in [0.15, 0.2) is 0 Å². The van der Waals surface area contributed by atoms with Gasteiger partial charge in [-0.3, -0.25) is 38.4 Å². The van der Waals surface area contributed by atoms with Gasteiger partial charge in [-0.15, -0.1) is 0 Å². The summed E-state index contributed by atoms with van der Waals surface area (Å²) in [6.07, 6.45) is -17.9. The molecule has 0 radical (unpaired) electrons. The fourth-order valence-electron chi connectivity index (χ4n) is 18.0. The number of cyclic esters (lactones) is 2. The van der Waals surface area contributed by atoms with Gasteiger partial charge in [-0.05, 0) is 163 Å². The van der Waals surface area contributed by atoms with Crippen LogP contribution in [0.5, 0.6) is 0 Å². The summed E-state index contributed by atoms with van der Waals surface area (Å²) in [5, 5.41) is 124. The van der Waals surface area contributed by atoms with Gasteiger partial charge < -0.3 is 176 Å². The molecule has 0 aromatic heterocycles. The molecule has 26 N–H and O–H groups in total. The van der Waals surface area contributed by atoms with E-state index in [1.165, 1.54) is 42.3 Å². The minimum absolute atomic E-state index is 0. The van der Waals surface area contributed by atoms with Crippen LogP contribution in [-0.4, -0.2) is 383 Å². The Labute approximate surface area is 759 Å². The number of likely N-dealkylation sites (N-methyl/N-ethyl adjacent to an activating group) is 2. The van der Waals surface area contributed by atoms with Crippen molar-refractivity contribution in [1.29, 1.82) is 0 Å². The van der Waals surface area contributed by atoms with Gasteiger partial charge in [0.15, 0.2) is 25.2 Å². The van der Waals surface area contributed by atoms with Crippen molar-refractivity contribution in [2.75, 3.05) is 56.6 Å². The predicted molar refractivity (Wildman–Crippen MR) is 465 cm³/mol. The first kappa shape index (κ1) is 128. The highest BCUT2D eigenvalue weighted by Crippen LogP contribution is 2.46. The van der Waals surface area contributed by atoms with E-state index in [1.807, 2.05) is 65.7 Å². The minimum Gasteiger partial charge on any atom is -0.481 e. The van der Waals surface area contributed by atoms with Crippen molar-refractivity contribution >= 4 is 47.4 Å². The molecule has 38 atom stereocenters. The van der Waals surface area contributed by atoms with Crippen LogP contribution in [0, 0.1) is 47.3 Å². The third-order valence-corrected chi connectivity index (χ3v) is 26.5. The quantitative estimate of drug-likeness (QED) is 0.0530. The van der Waals surface area contributed by atoms with Crippen molar-refractivity contribution in [3.8, 4) is 0 Å². The molecule has 6 fully saturated rings. The van der Waals surface area contributed by atoms with Gasteiger partial charge in [0.2, 0.25) is 0 Å². The number of ether oxygens (including phenoxy) is 14. The number of methoxy groups -OCH3 is 4. The lowest BCUT2D eigenvalue weighted by Gasteiger charge is -2.50. The van der Waals surface area contributed by atoms with Crippen molar-refractivity contribution in [2.45, 2.75) is 396 Å². The number of Topliss-reactive ketones (excluding diaryl/α,β-unsaturated/α-hetero) is 2. The lowest BCUT2D eigenvalue weighted by molar-refractivity contribution is -0.319. The molecule has 764 valence electrons. The summed E-state index contributed by atoms with van der Waals surface area (Å²) in [5.74, 6) is -13.3. The number of aliphatic carboxylic acids is 4. The largest absolute Gasteiger partial charge is 0.481 e. The number of nitrogens with two attached hydrogens (primary N) is 2. The van der Waals surface area contributed by atoms with E-state index in [-0.39, 0.29) is 127 Å². The van der Waals surface area contributed by atoms with Gasteiger partial charge in [0.25, 0.3) is 0 Å². The standard InChI is InChI=1S/2C38H69NO13.2C5H9NO4.5H2O/c2*1-15-26-38(10,45)31(42)21(4)28(40)19(2)17-37(9,47-14)33(52-35-29(41)25(39(11)12)16-20(3)48-35)22(5)30(23(6)34(44)50-26)51-27-18-36(8,46-13)32(43)24(7)49-27;2*6-3(5(9)10)1-2-4(7)8;;;;;/h2*19-27,29-33,35,41-43,45H,15-18H2,1-14H3;2*3H,1-2,6H2,(H,7,8)(H,9,10);5*1H2/t2*19-,20-,21-,22+,23-,24+,25+,26+,27+,29-,30-,31-,32+,33-,35-,36-,37+,38-;;;;;;;/m11......./s1. The summed E-state index contributed by atoms with van der Waals surface area (Å²) in [6.45, 7) is 34.1. The SMILES string of the molecule is CC[C@@H]1OC(=O)[C@H](C)[C@H](O[C@H]2C[C@@](C)(OC)[C@@H](O)[C@H](C)O2)[C@H](C)[C@@H](O[C@H]2O[C@H](C)C[C@H](N(C)C)[C@H]2O)[C@@](C)(OC)C[C@@H](C)C(=O)[C@@H](C)[C@@H](O)[C@]1(C)O.CC[C@@H]1OC(=O)[C@H](C)[C@H](O[C@H]2C[C@@](C)(OC)[C@@H](O)[C@H](C)O2)[C@H](C)[C@@H](O[C@H]2O[C@H](C)C[C@H](N(C)C)[C@H]2O)[C@@](C)(OC)C[C@@H](C)C(=O)[C@@H](C)[C@@H](O)[C@]1(C)O.NC(CCC(=O)O)C(=O)O.NC(CCC(=O)O)C(=O)O.O.O.O.O.O. The minimum atomic E-state index is -1.96. The average molecular weight is 1880 g/mol. The van der Waals surface area contributed by atoms with E-state index in [1.54, 1.807) is 96.9 Å². The van der Waals surface area contributed by atoms with Crippen LogP contribution in [0.1, 0.15) is 216 Å². The third-order valence-electron chi connectivity index (χ3n) is 26.5. The Morgan fingerprint density at radius 3 is 0.953 bits per heavy atom. The number of hydrogen-bond donors (Lipinski definition) is 14. The topological polar surface area (TPSA) is 725 Å². The molecule has 0 saturated carbocycles. The molecule has 0 aliphatic carbocycles. The molecule has 6 aliphatic rings. The summed E-state index contributed by atoms with van der Waals surface area (Å²) in [7, 11) is 13.5. The fourth-order valence-corrected chi connectivity index (χ4v) is 18.0. The Hall–Kier alpha value is -5.00. The first-order chi connectivity index (χ1) is 57.0. The summed E-state index contributed by atoms with van der Waals surface area (Å²) < 4.78 is 87.7. The van der Waals surface area contributed by atoms with E-state index >= 15 is 0 Å². The van der Waals surface area contributed by atoms with E-state index in [9.17, 15) is 79.2 Å². The Kier molecular flexibility index (Phi) is 54.3. The smallest absolute Gasteiger partial charge is 0.320 e. The molecule has 2 unspecified atom stereocenters. The highest BCUT2D eigenvalue weighted by atomic mass is 16.7. The number of carboxylic acid groups (broad SMARTS) is 4. The van der Waals surface area contributed by atoms with Crippen molar-refractivity contribution in [2.24, 2.45) is 58.8 Å². The number of hydrogen-bond acceptors (Lipinski definition) is 34. The van der Waals surface area contributed by atoms with E-state index in [0.717, 1.165) is 0 Å². The maximum absolute atomic E-state index is 14.2. The Morgan fingerprint density at radius 2 is 0.713 bits per heavy atom. The zero-order valence-electron chi connectivity index (χ0n) is 80.9. The van der Waals surface area contributed by atoms with Crippen molar-refractivity contribution < 1.29 is 193 Å². The van der Waals surface area contributed by atoms with Crippen molar-refractivity contribution in [3.63, 3.8) is 0 Å². The molecule has 0 spiro atoms. The lowest BCUT2D eigenvalue weighted by Crippen LogP contribution is -2.61. The van der Waals surface area contributed by atoms with Crippen LogP contribution in [-0.2, 0) is 105 Å². The second-order valence-corrected chi connectivity index (χ2v) is 37.0. The summed E-state index contributed by atoms with van der Waals surface area (Å²) in [6, 6.07) is -2.68. The van der Waals surface area contributed by atoms with Crippen LogP contribution in [0.4, 0.5) is 0 Å². The number of aliphatic hydroxyl groups excluding tert-OH is 6. The van der Waals surface area contributed by atoms with E-state index in [4.69, 9.17) is 98.2 Å². The lowest BCUT2D eigenvalue weighted by atomic mass is 9.73. The predicted octanol–water partition coefficient (Wildman–Crippen LogP) is -0.718. The molecule has 6 heterocycles. The van der Waals surface area contributed by atoms with E-state index in [0.29, 0.717) is 12.8 Å². The zero-order chi connectivity index (χ0) is 95.6. The number of rotatable bonds is 24. The van der Waals surface area contributed by atoms with Crippen LogP contribution in [0.3, 0.4) is 0 Å². The molecule has 0 bridgehead atoms. The number of nitrogens with zero attached hydrogens (tertiary/aromatic N) is 2. The van der Waals surface area contributed by atoms with Gasteiger partial charge in [0.05, 0.1) is 95.3 Å². The van der Waals surface area contributed by atoms with E-state index < -0.39 is 239 Å². The monoisotopic (exact) mass is 1880 g/mol. The number of esters is 2. The van der Waals surface area contributed by atoms with Crippen LogP contribution >= 0.6 is 0 Å². The number of carboxylic acids is 4. The molecule has 6 saturated heterocycles. The molecular weight excluding hydrogens is 1710 g/mol. The molecule has 6 rings (SSSR count). The average Bonchev–Trinajstić information content (AvgIpc) is 0.770. The summed E-state index contributed by atoms with van der Waals surface area (Å²) >= 11 is 0. The Bertz CT molecular complexity index is 3160. The molecule has 43 heteroatoms. The maximum atomic E-state index is 14.2. The van der Waals surface area contributed by atoms with Gasteiger partial charge >= 0.3 is 35.8 Å². The summed E-state index contributed by atoms with van der Waals surface area (Å²) in [4.78, 5) is 99.9. The van der Waals surface area contributed by atoms with Crippen LogP contribution < -0.4 is 11.5 Å². The second-order valence-electron chi connectivity index (χ2n) is 37.0. The van der Waals surface area contributed by atoms with E-state index in [2.05, 4.69) is 0 Å². The molecule has 0 aromatic carbocycles. The van der Waals surface area contributed by atoms with Gasteiger partial charge in [0.1, 0.15) is 71.5 Å². The highest BCUT2D eigenvalue weighted by Gasteiger charge is 2.58. The van der Waals surface area contributed by atoms with Gasteiger partial charge in [-0.2, -0.15) is 0 Å². The van der Waals surface area contributed by atoms with Crippen molar-refractivity contribution in [1.82, 2.24) is 9.80 Å². The maximum Gasteiger partial charge on any atom is 0.320 e. The first-order valence-corrected chi connectivity index (χ1v) is 43.2. The molecule has 0 aromatic rings. The number of aliphatic hydroxyl groups is 8. The normalized spacial score (nSPS) is 41.5. The molecule has 129 heavy (non-hydrogen) atoms. The summed E-state index contributed by atoms with van der Waals surface area (Å²) in [5.41, 5.74) is 1.52. The second kappa shape index (κ2) is 54.7. The number of carbonyl (C=O) groups is 8. The first-order valence-electron chi connectivity index (χ1n) is 43.2. The van der Waals surface area contributed by atoms with Gasteiger partial charge in [-0.25, -0.2) is 0 Å². The molecular formula is C86H166N4O39. The highest BCUT2D eigenvalue weighted by molar-refractivity contribution is 5.84. The van der Waals surface area contributed by atoms with Crippen molar-refractivity contribution in [3.05, 3.63) is 0 Å².